The summed E-state index contributed by atoms with van der Waals surface area (Å²) in [6.45, 7) is -11.0. The van der Waals surface area contributed by atoms with Crippen molar-refractivity contribution in [1.82, 2.24) is 0 Å². The molecule has 26 heteroatoms. The third-order valence-electron chi connectivity index (χ3n) is 10.2. The molecule has 26 nitrogen and oxygen atoms in total. The first-order valence-electron chi connectivity index (χ1n) is 17.3. The van der Waals surface area contributed by atoms with Gasteiger partial charge in [0.25, 0.3) is 0 Å². The quantitative estimate of drug-likeness (QED) is 0.0511. The standard InChI is InChI=1S/C30H52O26/c31-1-11(37)17(39)18(40)12(38)6-49-28(24(46)20(42)14(3-33)54-28)8-51-30(26(48)22(44)16(5-35)56-30)10-52-29(25(47)21(43)15(4-34)55-29)9-50-27(7-36)23(45)19(41)13(2-32)53-27/h11,13-26,31-37,39-48H,1-10H2/t11-,13-,14-,15-,16-,17-,18-,19-,20-,21-,22-,23+,24+,25+,26+,27-,28-,29-,30-/m1/s1. The van der Waals surface area contributed by atoms with Crippen molar-refractivity contribution in [3.8, 4) is 0 Å². The molecular weight excluding hydrogens is 776 g/mol. The zero-order valence-corrected chi connectivity index (χ0v) is 29.5. The second-order valence-electron chi connectivity index (χ2n) is 13.8. The van der Waals surface area contributed by atoms with Crippen molar-refractivity contribution < 1.29 is 130 Å². The molecule has 4 fully saturated rings. The maximum Gasteiger partial charge on any atom is 0.222 e. The Morgan fingerprint density at radius 3 is 1.11 bits per heavy atom. The predicted molar refractivity (Wildman–Crippen MR) is 168 cm³/mol. The Morgan fingerprint density at radius 2 is 0.804 bits per heavy atom. The van der Waals surface area contributed by atoms with Crippen LogP contribution >= 0.6 is 0 Å². The minimum Gasteiger partial charge on any atom is -0.394 e. The van der Waals surface area contributed by atoms with Crippen LogP contribution in [0.5, 0.6) is 0 Å². The minimum atomic E-state index is -2.80. The Morgan fingerprint density at radius 1 is 0.500 bits per heavy atom. The van der Waals surface area contributed by atoms with Crippen molar-refractivity contribution >= 4 is 5.78 Å². The van der Waals surface area contributed by atoms with E-state index in [2.05, 4.69) is 0 Å². The molecule has 4 aliphatic heterocycles. The first-order chi connectivity index (χ1) is 26.3. The number of rotatable bonds is 21. The number of aliphatic hydroxyl groups excluding tert-OH is 17. The number of hydrogen-bond donors (Lipinski definition) is 17. The molecule has 0 aliphatic carbocycles. The van der Waals surface area contributed by atoms with E-state index in [-0.39, 0.29) is 0 Å². The van der Waals surface area contributed by atoms with Crippen molar-refractivity contribution in [2.45, 2.75) is 115 Å². The summed E-state index contributed by atoms with van der Waals surface area (Å²) in [5.74, 6) is -12.2. The van der Waals surface area contributed by atoms with Crippen LogP contribution < -0.4 is 0 Å². The Hall–Kier alpha value is -1.33. The summed E-state index contributed by atoms with van der Waals surface area (Å²) < 4.78 is 44.6. The largest absolute Gasteiger partial charge is 0.394 e. The molecule has 19 atom stereocenters. The number of carbonyl (C=O) groups excluding carboxylic acids is 1. The van der Waals surface area contributed by atoms with Gasteiger partial charge < -0.3 is 125 Å². The SMILES string of the molecule is O=C(CO[C@]1(CO[C@]2(CO[C@]3(CO[C@]4(CO)O[C@H](CO)[C@@H](O)[C@@H]4O)O[C@H](CO)[C@@H](O)[C@@H]3O)O[C@H](CO)[C@@H](O)[C@@H]2O)O[C@H](CO)[C@@H](O)[C@@H]1O)[C@@H](O)[C@H](O)[C@H](O)CO. The molecule has 0 saturated carbocycles. The van der Waals surface area contributed by atoms with Gasteiger partial charge in [0, 0.05) is 0 Å². The van der Waals surface area contributed by atoms with Gasteiger partial charge in [0.2, 0.25) is 23.1 Å². The van der Waals surface area contributed by atoms with E-state index >= 15 is 0 Å². The average molecular weight is 829 g/mol. The number of aliphatic hydroxyl groups is 17. The number of ether oxygens (including phenoxy) is 8. The zero-order chi connectivity index (χ0) is 42.0. The summed E-state index contributed by atoms with van der Waals surface area (Å²) >= 11 is 0. The number of Topliss-reactive ketones (excluding diaryl/α,β-unsaturated/α-hetero) is 1. The second kappa shape index (κ2) is 18.9. The van der Waals surface area contributed by atoms with Crippen LogP contribution in [-0.4, -0.2) is 273 Å². The molecule has 4 rings (SSSR count). The fraction of sp³-hybridized carbons (Fsp3) is 0.967. The Balaban J connectivity index is 1.66. The molecule has 0 unspecified atom stereocenters. The normalized spacial score (nSPS) is 45.7. The van der Waals surface area contributed by atoms with Crippen molar-refractivity contribution in [1.29, 1.82) is 0 Å². The molecule has 4 heterocycles. The van der Waals surface area contributed by atoms with Crippen molar-refractivity contribution in [2.75, 3.05) is 66.1 Å². The lowest BCUT2D eigenvalue weighted by atomic mass is 10.0. The highest BCUT2D eigenvalue weighted by molar-refractivity contribution is 5.84. The van der Waals surface area contributed by atoms with Crippen LogP contribution in [0.2, 0.25) is 0 Å². The van der Waals surface area contributed by atoms with Gasteiger partial charge in [-0.1, -0.05) is 0 Å². The van der Waals surface area contributed by atoms with Crippen LogP contribution in [0.25, 0.3) is 0 Å². The summed E-state index contributed by atoms with van der Waals surface area (Å²) in [6.07, 6.45) is -29.6. The summed E-state index contributed by atoms with van der Waals surface area (Å²) in [5.41, 5.74) is 0. The molecule has 328 valence electrons. The molecule has 0 aromatic rings. The first-order valence-corrected chi connectivity index (χ1v) is 17.3. The van der Waals surface area contributed by atoms with E-state index in [1.165, 1.54) is 0 Å². The molecule has 0 aromatic heterocycles. The van der Waals surface area contributed by atoms with Crippen LogP contribution in [0, 0.1) is 0 Å². The van der Waals surface area contributed by atoms with Gasteiger partial charge in [0.05, 0.1) is 33.0 Å². The van der Waals surface area contributed by atoms with Crippen LogP contribution in [0.3, 0.4) is 0 Å². The lowest BCUT2D eigenvalue weighted by molar-refractivity contribution is -0.376. The summed E-state index contributed by atoms with van der Waals surface area (Å²) in [6, 6.07) is 0. The number of hydrogen-bond acceptors (Lipinski definition) is 26. The van der Waals surface area contributed by atoms with Crippen LogP contribution in [0.4, 0.5) is 0 Å². The highest BCUT2D eigenvalue weighted by atomic mass is 16.8. The number of carbonyl (C=O) groups is 1. The highest BCUT2D eigenvalue weighted by Crippen LogP contribution is 2.42. The predicted octanol–water partition coefficient (Wildman–Crippen LogP) is -12.1. The molecule has 56 heavy (non-hydrogen) atoms. The topological polar surface area (TPSA) is 435 Å². The Bertz CT molecular complexity index is 1270. The molecule has 0 bridgehead atoms. The summed E-state index contributed by atoms with van der Waals surface area (Å²) in [7, 11) is 0. The van der Waals surface area contributed by atoms with Gasteiger partial charge in [0.15, 0.2) is 5.78 Å². The van der Waals surface area contributed by atoms with Crippen LogP contribution in [0.15, 0.2) is 0 Å². The summed E-state index contributed by atoms with van der Waals surface area (Å²) in [4.78, 5) is 12.7. The molecule has 17 N–H and O–H groups in total. The van der Waals surface area contributed by atoms with Gasteiger partial charge in [-0.05, 0) is 0 Å². The van der Waals surface area contributed by atoms with Gasteiger partial charge in [-0.2, -0.15) is 0 Å². The van der Waals surface area contributed by atoms with E-state index in [9.17, 15) is 86.5 Å². The second-order valence-corrected chi connectivity index (χ2v) is 13.8. The van der Waals surface area contributed by atoms with Crippen molar-refractivity contribution in [3.05, 3.63) is 0 Å². The molecule has 0 amide bonds. The van der Waals surface area contributed by atoms with E-state index in [1.807, 2.05) is 0 Å². The first kappa shape index (κ1) is 47.3. The van der Waals surface area contributed by atoms with E-state index < -0.39 is 187 Å². The fourth-order valence-electron chi connectivity index (χ4n) is 6.61. The smallest absolute Gasteiger partial charge is 0.222 e. The number of ketones is 1. The fourth-order valence-corrected chi connectivity index (χ4v) is 6.61. The third kappa shape index (κ3) is 8.76. The third-order valence-corrected chi connectivity index (χ3v) is 10.2. The van der Waals surface area contributed by atoms with E-state index in [1.54, 1.807) is 0 Å². The average Bonchev–Trinajstić information content (AvgIpc) is 3.80. The highest BCUT2D eigenvalue weighted by Gasteiger charge is 2.64. The van der Waals surface area contributed by atoms with Crippen LogP contribution in [0.1, 0.15) is 0 Å². The van der Waals surface area contributed by atoms with Crippen molar-refractivity contribution in [2.24, 2.45) is 0 Å². The van der Waals surface area contributed by atoms with Gasteiger partial charge in [-0.15, -0.1) is 0 Å². The molecule has 4 aliphatic rings. The molecular formula is C30H52O26. The van der Waals surface area contributed by atoms with Crippen molar-refractivity contribution in [3.63, 3.8) is 0 Å². The Kier molecular flexibility index (Phi) is 16.0. The van der Waals surface area contributed by atoms with E-state index in [4.69, 9.17) is 43.0 Å². The summed E-state index contributed by atoms with van der Waals surface area (Å²) in [5, 5.41) is 174. The van der Waals surface area contributed by atoms with E-state index in [0.29, 0.717) is 0 Å². The van der Waals surface area contributed by atoms with E-state index in [0.717, 1.165) is 0 Å². The molecule has 0 radical (unpaired) electrons. The maximum atomic E-state index is 12.7. The Labute approximate surface area is 316 Å². The van der Waals surface area contributed by atoms with Gasteiger partial charge in [0.1, 0.15) is 125 Å². The lowest BCUT2D eigenvalue weighted by Gasteiger charge is -2.41. The molecule has 0 spiro atoms. The van der Waals surface area contributed by atoms with Gasteiger partial charge >= 0.3 is 0 Å². The lowest BCUT2D eigenvalue weighted by Crippen LogP contribution is -2.60. The minimum absolute atomic E-state index is 0.859. The maximum absolute atomic E-state index is 12.7. The molecule has 0 aromatic carbocycles. The van der Waals surface area contributed by atoms with Gasteiger partial charge in [-0.25, -0.2) is 0 Å². The monoisotopic (exact) mass is 828 g/mol. The van der Waals surface area contributed by atoms with Crippen LogP contribution in [-0.2, 0) is 42.7 Å². The van der Waals surface area contributed by atoms with Gasteiger partial charge in [-0.3, -0.25) is 4.79 Å². The molecule has 4 saturated heterocycles. The zero-order valence-electron chi connectivity index (χ0n) is 29.5.